The topological polar surface area (TPSA) is 29.5 Å². The molecule has 1 aromatic rings. The van der Waals surface area contributed by atoms with Crippen LogP contribution in [-0.4, -0.2) is 43.5 Å². The van der Waals surface area contributed by atoms with E-state index in [1.54, 1.807) is 0 Å². The molecule has 3 nitrogen and oxygen atoms in total. The molecule has 120 valence electrons. The first-order valence-electron chi connectivity index (χ1n) is 7.53. The van der Waals surface area contributed by atoms with Crippen LogP contribution in [0, 0.1) is 5.92 Å². The summed E-state index contributed by atoms with van der Waals surface area (Å²) < 4.78 is 5.35. The second-order valence-corrected chi connectivity index (χ2v) is 6.17. The van der Waals surface area contributed by atoms with E-state index >= 15 is 0 Å². The predicted molar refractivity (Wildman–Crippen MR) is 91.7 cm³/mol. The van der Waals surface area contributed by atoms with Crippen LogP contribution < -0.4 is 0 Å². The van der Waals surface area contributed by atoms with Gasteiger partial charge in [0.25, 0.3) is 0 Å². The number of halogens is 2. The Balaban J connectivity index is 0.00000176. The molecule has 5 heteroatoms. The van der Waals surface area contributed by atoms with E-state index in [1.807, 2.05) is 30.3 Å². The van der Waals surface area contributed by atoms with Gasteiger partial charge in [-0.25, -0.2) is 0 Å². The fourth-order valence-electron chi connectivity index (χ4n) is 3.02. The monoisotopic (exact) mass is 341 g/mol. The number of Topliss-reactive ketones (excluding diaryl/α,β-unsaturated/α-hetero) is 1. The lowest BCUT2D eigenvalue weighted by atomic mass is 10.0. The molecule has 0 bridgehead atoms. The van der Waals surface area contributed by atoms with Gasteiger partial charge in [-0.05, 0) is 42.2 Å². The number of ketones is 1. The second kappa shape index (κ2) is 8.11. The molecule has 1 aromatic carbocycles. The normalized spacial score (nSPS) is 24.5. The third-order valence-corrected chi connectivity index (χ3v) is 4.49. The van der Waals surface area contributed by atoms with Crippen LogP contribution in [0.25, 0.3) is 6.08 Å². The summed E-state index contributed by atoms with van der Waals surface area (Å²) in [6.45, 7) is 4.34. The highest BCUT2D eigenvalue weighted by molar-refractivity contribution is 6.30. The van der Waals surface area contributed by atoms with Crippen molar-refractivity contribution in [3.8, 4) is 0 Å². The van der Waals surface area contributed by atoms with Crippen molar-refractivity contribution in [2.45, 2.75) is 12.8 Å². The highest BCUT2D eigenvalue weighted by Gasteiger charge is 2.30. The molecule has 3 rings (SSSR count). The summed E-state index contributed by atoms with van der Waals surface area (Å²) >= 11 is 5.89. The minimum Gasteiger partial charge on any atom is -0.379 e. The molecule has 0 amide bonds. The SMILES string of the molecule is Cl.O=C1/C(=C/c2ccc(Cl)cc2)CCC1CN1CCOCC1. The Hall–Kier alpha value is -0.870. The molecule has 0 N–H and O–H groups in total. The molecule has 1 saturated carbocycles. The number of nitrogens with zero attached hydrogens (tertiary/aromatic N) is 1. The third kappa shape index (κ3) is 4.32. The Kier molecular flexibility index (Phi) is 6.45. The van der Waals surface area contributed by atoms with E-state index in [4.69, 9.17) is 16.3 Å². The Labute approximate surface area is 142 Å². The molecule has 22 heavy (non-hydrogen) atoms. The van der Waals surface area contributed by atoms with Crippen LogP contribution in [0.4, 0.5) is 0 Å². The summed E-state index contributed by atoms with van der Waals surface area (Å²) in [4.78, 5) is 14.8. The lowest BCUT2D eigenvalue weighted by Crippen LogP contribution is -2.40. The van der Waals surface area contributed by atoms with Gasteiger partial charge in [0.2, 0.25) is 0 Å². The number of hydrogen-bond acceptors (Lipinski definition) is 3. The van der Waals surface area contributed by atoms with E-state index in [-0.39, 0.29) is 18.3 Å². The van der Waals surface area contributed by atoms with Crippen molar-refractivity contribution in [1.82, 2.24) is 4.90 Å². The van der Waals surface area contributed by atoms with E-state index in [0.29, 0.717) is 5.78 Å². The molecule has 0 aromatic heterocycles. The molecule has 1 atom stereocenters. The van der Waals surface area contributed by atoms with Crippen LogP contribution in [-0.2, 0) is 9.53 Å². The average molecular weight is 342 g/mol. The van der Waals surface area contributed by atoms with Crippen molar-refractivity contribution >= 4 is 35.9 Å². The molecule has 0 spiro atoms. The lowest BCUT2D eigenvalue weighted by Gasteiger charge is -2.28. The first kappa shape index (κ1) is 17.5. The average Bonchev–Trinajstić information content (AvgIpc) is 2.84. The van der Waals surface area contributed by atoms with Gasteiger partial charge in [0, 0.05) is 30.6 Å². The van der Waals surface area contributed by atoms with Crippen molar-refractivity contribution < 1.29 is 9.53 Å². The molecule has 1 heterocycles. The summed E-state index contributed by atoms with van der Waals surface area (Å²) in [5.74, 6) is 0.470. The minimum atomic E-state index is 0. The van der Waals surface area contributed by atoms with E-state index in [2.05, 4.69) is 4.90 Å². The summed E-state index contributed by atoms with van der Waals surface area (Å²) in [6, 6.07) is 7.63. The van der Waals surface area contributed by atoms with Gasteiger partial charge >= 0.3 is 0 Å². The highest BCUT2D eigenvalue weighted by atomic mass is 35.5. The number of benzene rings is 1. The lowest BCUT2D eigenvalue weighted by molar-refractivity contribution is -0.118. The van der Waals surface area contributed by atoms with E-state index in [0.717, 1.165) is 61.8 Å². The van der Waals surface area contributed by atoms with Crippen LogP contribution >= 0.6 is 24.0 Å². The van der Waals surface area contributed by atoms with E-state index < -0.39 is 0 Å². The Morgan fingerprint density at radius 1 is 1.23 bits per heavy atom. The van der Waals surface area contributed by atoms with E-state index in [9.17, 15) is 4.79 Å². The molecular weight excluding hydrogens is 321 g/mol. The second-order valence-electron chi connectivity index (χ2n) is 5.73. The standard InChI is InChI=1S/C17H20ClNO2.ClH/c18-16-5-1-13(2-6-16)11-14-3-4-15(17(14)20)12-19-7-9-21-10-8-19;/h1-2,5-6,11,15H,3-4,7-10,12H2;1H/b14-11+;. The molecule has 2 aliphatic rings. The van der Waals surface area contributed by atoms with Crippen LogP contribution in [0.5, 0.6) is 0 Å². The maximum absolute atomic E-state index is 12.5. The van der Waals surface area contributed by atoms with Crippen molar-refractivity contribution in [3.63, 3.8) is 0 Å². The van der Waals surface area contributed by atoms with Crippen LogP contribution in [0.2, 0.25) is 5.02 Å². The number of rotatable bonds is 3. The fourth-order valence-corrected chi connectivity index (χ4v) is 3.15. The van der Waals surface area contributed by atoms with Gasteiger partial charge in [-0.3, -0.25) is 9.69 Å². The maximum Gasteiger partial charge on any atom is 0.163 e. The highest BCUT2D eigenvalue weighted by Crippen LogP contribution is 2.29. The van der Waals surface area contributed by atoms with Crippen LogP contribution in [0.15, 0.2) is 29.8 Å². The summed E-state index contributed by atoms with van der Waals surface area (Å²) in [7, 11) is 0. The number of morpholine rings is 1. The zero-order chi connectivity index (χ0) is 14.7. The zero-order valence-corrected chi connectivity index (χ0v) is 14.0. The smallest absolute Gasteiger partial charge is 0.163 e. The molecule has 2 fully saturated rings. The summed E-state index contributed by atoms with van der Waals surface area (Å²) in [5.41, 5.74) is 2.00. The molecule has 0 radical (unpaired) electrons. The Morgan fingerprint density at radius 3 is 2.59 bits per heavy atom. The molecular formula is C17H21Cl2NO2. The van der Waals surface area contributed by atoms with Gasteiger partial charge in [-0.1, -0.05) is 23.7 Å². The maximum atomic E-state index is 12.5. The van der Waals surface area contributed by atoms with Crippen molar-refractivity contribution in [2.24, 2.45) is 5.92 Å². The van der Waals surface area contributed by atoms with E-state index in [1.165, 1.54) is 0 Å². The van der Waals surface area contributed by atoms with Gasteiger partial charge in [0.15, 0.2) is 5.78 Å². The van der Waals surface area contributed by atoms with Gasteiger partial charge in [0.1, 0.15) is 0 Å². The number of carbonyl (C=O) groups is 1. The summed E-state index contributed by atoms with van der Waals surface area (Å²) in [5, 5.41) is 0.722. The zero-order valence-electron chi connectivity index (χ0n) is 12.5. The quantitative estimate of drug-likeness (QED) is 0.788. The summed E-state index contributed by atoms with van der Waals surface area (Å²) in [6.07, 6.45) is 3.87. The Morgan fingerprint density at radius 2 is 1.91 bits per heavy atom. The molecule has 1 aliphatic heterocycles. The van der Waals surface area contributed by atoms with Crippen molar-refractivity contribution in [3.05, 3.63) is 40.4 Å². The number of carbonyl (C=O) groups excluding carboxylic acids is 1. The largest absolute Gasteiger partial charge is 0.379 e. The first-order valence-corrected chi connectivity index (χ1v) is 7.90. The van der Waals surface area contributed by atoms with Gasteiger partial charge in [0.05, 0.1) is 13.2 Å². The van der Waals surface area contributed by atoms with Crippen LogP contribution in [0.3, 0.4) is 0 Å². The van der Waals surface area contributed by atoms with Gasteiger partial charge in [-0.2, -0.15) is 0 Å². The minimum absolute atomic E-state index is 0. The van der Waals surface area contributed by atoms with Gasteiger partial charge in [-0.15, -0.1) is 12.4 Å². The number of allylic oxidation sites excluding steroid dienone is 1. The molecule has 1 aliphatic carbocycles. The van der Waals surface area contributed by atoms with Crippen LogP contribution in [0.1, 0.15) is 18.4 Å². The molecule has 1 unspecified atom stereocenters. The number of hydrogen-bond donors (Lipinski definition) is 0. The van der Waals surface area contributed by atoms with Crippen molar-refractivity contribution in [1.29, 1.82) is 0 Å². The number of ether oxygens (including phenoxy) is 1. The Bertz CT molecular complexity index is 536. The first-order chi connectivity index (χ1) is 10.2. The predicted octanol–water partition coefficient (Wildman–Crippen LogP) is 3.46. The van der Waals surface area contributed by atoms with Gasteiger partial charge < -0.3 is 4.74 Å². The fraction of sp³-hybridized carbons (Fsp3) is 0.471. The molecule has 1 saturated heterocycles. The third-order valence-electron chi connectivity index (χ3n) is 4.24. The van der Waals surface area contributed by atoms with Crippen molar-refractivity contribution in [2.75, 3.05) is 32.8 Å².